The minimum Gasteiger partial charge on any atom is -0.497 e. The second kappa shape index (κ2) is 7.74. The fraction of sp³-hybridized carbons (Fsp3) is 0.333. The third kappa shape index (κ3) is 4.53. The topological polar surface area (TPSA) is 98.0 Å². The van der Waals surface area contributed by atoms with Crippen LogP contribution in [0.25, 0.3) is 0 Å². The van der Waals surface area contributed by atoms with Gasteiger partial charge in [0.05, 0.1) is 30.7 Å². The summed E-state index contributed by atoms with van der Waals surface area (Å²) < 4.78 is 16.1. The van der Waals surface area contributed by atoms with Gasteiger partial charge in [0, 0.05) is 11.6 Å². The number of carboxylic acid groups (broad SMARTS) is 1. The fourth-order valence-electron chi connectivity index (χ4n) is 2.35. The van der Waals surface area contributed by atoms with E-state index in [1.807, 2.05) is 13.8 Å². The Morgan fingerprint density at radius 1 is 1.32 bits per heavy atom. The molecule has 134 valence electrons. The Hall–Kier alpha value is -2.96. The number of aliphatic carboxylic acids is 1. The number of hydrogen-bond acceptors (Lipinski definition) is 5. The maximum Gasteiger partial charge on any atom is 0.311 e. The Labute approximate surface area is 145 Å². The molecular formula is C18H21NO6. The van der Waals surface area contributed by atoms with Crippen LogP contribution in [0, 0.1) is 6.92 Å². The minimum atomic E-state index is -1.08. The van der Waals surface area contributed by atoms with Gasteiger partial charge in [0.2, 0.25) is 0 Å². The van der Waals surface area contributed by atoms with Crippen LogP contribution in [-0.2, 0) is 11.2 Å². The number of carbonyl (C=O) groups is 2. The molecule has 0 aliphatic heterocycles. The number of carbonyl (C=O) groups excluding carboxylic acids is 1. The van der Waals surface area contributed by atoms with Gasteiger partial charge in [-0.15, -0.1) is 0 Å². The molecular weight excluding hydrogens is 326 g/mol. The van der Waals surface area contributed by atoms with Gasteiger partial charge >= 0.3 is 5.97 Å². The normalized spacial score (nSPS) is 10.6. The molecule has 25 heavy (non-hydrogen) atoms. The number of amides is 1. The van der Waals surface area contributed by atoms with Crippen LogP contribution in [0.4, 0.5) is 5.69 Å². The highest BCUT2D eigenvalue weighted by Crippen LogP contribution is 2.31. The summed E-state index contributed by atoms with van der Waals surface area (Å²) in [5.41, 5.74) is 1.20. The van der Waals surface area contributed by atoms with Crippen molar-refractivity contribution in [2.45, 2.75) is 33.3 Å². The number of furan rings is 1. The quantitative estimate of drug-likeness (QED) is 0.798. The number of methoxy groups -OCH3 is 1. The van der Waals surface area contributed by atoms with E-state index in [-0.39, 0.29) is 23.8 Å². The maximum absolute atomic E-state index is 12.7. The van der Waals surface area contributed by atoms with Gasteiger partial charge in [0.1, 0.15) is 23.7 Å². The molecule has 0 aliphatic rings. The van der Waals surface area contributed by atoms with Gasteiger partial charge in [-0.3, -0.25) is 9.59 Å². The molecule has 0 atom stereocenters. The smallest absolute Gasteiger partial charge is 0.311 e. The fourth-order valence-corrected chi connectivity index (χ4v) is 2.35. The number of ether oxygens (including phenoxy) is 2. The molecule has 7 nitrogen and oxygen atoms in total. The lowest BCUT2D eigenvalue weighted by atomic mass is 10.1. The van der Waals surface area contributed by atoms with E-state index in [0.717, 1.165) is 0 Å². The zero-order valence-electron chi connectivity index (χ0n) is 14.6. The van der Waals surface area contributed by atoms with E-state index in [0.29, 0.717) is 22.7 Å². The lowest BCUT2D eigenvalue weighted by Crippen LogP contribution is -2.17. The first-order valence-electron chi connectivity index (χ1n) is 7.76. The Morgan fingerprint density at radius 2 is 2.04 bits per heavy atom. The molecule has 0 radical (unpaired) electrons. The highest BCUT2D eigenvalue weighted by Gasteiger charge is 2.22. The van der Waals surface area contributed by atoms with Crippen LogP contribution in [-0.4, -0.2) is 30.2 Å². The number of anilines is 1. The number of carboxylic acids is 1. The van der Waals surface area contributed by atoms with Gasteiger partial charge in [-0.1, -0.05) is 0 Å². The van der Waals surface area contributed by atoms with Gasteiger partial charge in [-0.25, -0.2) is 0 Å². The molecule has 0 saturated heterocycles. The van der Waals surface area contributed by atoms with Gasteiger partial charge in [-0.05, 0) is 32.9 Å². The predicted molar refractivity (Wildman–Crippen MR) is 91.5 cm³/mol. The minimum absolute atomic E-state index is 0.0812. The standard InChI is InChI=1S/C18H21NO6/c1-10(2)25-14-6-5-12(23-4)7-13(14)19-18(22)17-11(3)9-24-15(17)8-16(20)21/h5-7,9-10H,8H2,1-4H3,(H,19,22)(H,20,21). The van der Waals surface area contributed by atoms with Gasteiger partial charge in [0.25, 0.3) is 5.91 Å². The second-order valence-electron chi connectivity index (χ2n) is 5.77. The van der Waals surface area contributed by atoms with E-state index < -0.39 is 11.9 Å². The molecule has 1 amide bonds. The van der Waals surface area contributed by atoms with Gasteiger partial charge < -0.3 is 24.3 Å². The predicted octanol–water partition coefficient (Wildman–Crippen LogP) is 3.26. The van der Waals surface area contributed by atoms with Crippen molar-refractivity contribution in [2.24, 2.45) is 0 Å². The molecule has 0 spiro atoms. The summed E-state index contributed by atoms with van der Waals surface area (Å²) in [7, 11) is 1.52. The molecule has 1 aromatic heterocycles. The number of hydrogen-bond donors (Lipinski definition) is 2. The Kier molecular flexibility index (Phi) is 5.69. The molecule has 0 bridgehead atoms. The third-order valence-electron chi connectivity index (χ3n) is 3.39. The summed E-state index contributed by atoms with van der Waals surface area (Å²) >= 11 is 0. The summed E-state index contributed by atoms with van der Waals surface area (Å²) in [4.78, 5) is 23.6. The van der Waals surface area contributed by atoms with Crippen LogP contribution in [0.1, 0.15) is 35.5 Å². The van der Waals surface area contributed by atoms with Crippen molar-refractivity contribution in [3.8, 4) is 11.5 Å². The molecule has 7 heteroatoms. The van der Waals surface area contributed by atoms with Crippen LogP contribution in [0.2, 0.25) is 0 Å². The molecule has 2 rings (SSSR count). The summed E-state index contributed by atoms with van der Waals surface area (Å²) in [6.45, 7) is 5.43. The van der Waals surface area contributed by atoms with E-state index in [2.05, 4.69) is 5.32 Å². The zero-order valence-corrected chi connectivity index (χ0v) is 14.6. The van der Waals surface area contributed by atoms with Crippen molar-refractivity contribution in [1.82, 2.24) is 0 Å². The second-order valence-corrected chi connectivity index (χ2v) is 5.77. The van der Waals surface area contributed by atoms with Crippen LogP contribution >= 0.6 is 0 Å². The van der Waals surface area contributed by atoms with Gasteiger partial charge in [0.15, 0.2) is 0 Å². The van der Waals surface area contributed by atoms with E-state index in [4.69, 9.17) is 19.0 Å². The highest BCUT2D eigenvalue weighted by atomic mass is 16.5. The lowest BCUT2D eigenvalue weighted by molar-refractivity contribution is -0.136. The molecule has 2 aromatic rings. The lowest BCUT2D eigenvalue weighted by Gasteiger charge is -2.16. The van der Waals surface area contributed by atoms with Crippen molar-refractivity contribution < 1.29 is 28.6 Å². The van der Waals surface area contributed by atoms with Crippen molar-refractivity contribution >= 4 is 17.6 Å². The SMILES string of the molecule is COc1ccc(OC(C)C)c(NC(=O)c2c(C)coc2CC(=O)O)c1. The average Bonchev–Trinajstić information content (AvgIpc) is 2.88. The summed E-state index contributed by atoms with van der Waals surface area (Å²) in [5, 5.41) is 11.7. The molecule has 0 unspecified atom stereocenters. The number of nitrogens with one attached hydrogen (secondary N) is 1. The summed E-state index contributed by atoms with van der Waals surface area (Å²) in [5.74, 6) is -0.388. The molecule has 2 N–H and O–H groups in total. The average molecular weight is 347 g/mol. The highest BCUT2D eigenvalue weighted by molar-refractivity contribution is 6.07. The summed E-state index contributed by atoms with van der Waals surface area (Å²) in [6.07, 6.45) is 0.913. The van der Waals surface area contributed by atoms with Crippen molar-refractivity contribution in [1.29, 1.82) is 0 Å². The zero-order chi connectivity index (χ0) is 18.6. The van der Waals surface area contributed by atoms with E-state index in [1.165, 1.54) is 13.4 Å². The van der Waals surface area contributed by atoms with Crippen molar-refractivity contribution in [3.05, 3.63) is 41.3 Å². The first-order chi connectivity index (χ1) is 11.8. The first-order valence-corrected chi connectivity index (χ1v) is 7.76. The Bertz CT molecular complexity index is 778. The first kappa shape index (κ1) is 18.4. The van der Waals surface area contributed by atoms with Gasteiger partial charge in [-0.2, -0.15) is 0 Å². The van der Waals surface area contributed by atoms with Crippen LogP contribution in [0.3, 0.4) is 0 Å². The van der Waals surface area contributed by atoms with Crippen LogP contribution in [0.15, 0.2) is 28.9 Å². The van der Waals surface area contributed by atoms with Crippen LogP contribution in [0.5, 0.6) is 11.5 Å². The Balaban J connectivity index is 2.34. The largest absolute Gasteiger partial charge is 0.497 e. The van der Waals surface area contributed by atoms with Crippen LogP contribution < -0.4 is 14.8 Å². The molecule has 0 saturated carbocycles. The van der Waals surface area contributed by atoms with Crippen molar-refractivity contribution in [3.63, 3.8) is 0 Å². The Morgan fingerprint density at radius 3 is 2.64 bits per heavy atom. The molecule has 1 heterocycles. The number of rotatable bonds is 7. The molecule has 1 aromatic carbocycles. The monoisotopic (exact) mass is 347 g/mol. The summed E-state index contributed by atoms with van der Waals surface area (Å²) in [6, 6.07) is 5.07. The third-order valence-corrected chi connectivity index (χ3v) is 3.39. The molecule has 0 fully saturated rings. The number of aryl methyl sites for hydroxylation is 1. The van der Waals surface area contributed by atoms with Crippen molar-refractivity contribution in [2.75, 3.05) is 12.4 Å². The van der Waals surface area contributed by atoms with E-state index in [9.17, 15) is 9.59 Å². The maximum atomic E-state index is 12.7. The number of benzene rings is 1. The van der Waals surface area contributed by atoms with E-state index >= 15 is 0 Å². The van der Waals surface area contributed by atoms with E-state index in [1.54, 1.807) is 25.1 Å². The molecule has 0 aliphatic carbocycles.